The van der Waals surface area contributed by atoms with Crippen LogP contribution in [0, 0.1) is 0 Å². The Morgan fingerprint density at radius 3 is 2.69 bits per heavy atom. The van der Waals surface area contributed by atoms with Crippen molar-refractivity contribution in [2.45, 2.75) is 13.0 Å². The topological polar surface area (TPSA) is 57.7 Å². The maximum absolute atomic E-state index is 11.5. The van der Waals surface area contributed by atoms with Gasteiger partial charge in [-0.1, -0.05) is 6.58 Å². The van der Waals surface area contributed by atoms with Crippen molar-refractivity contribution in [3.8, 4) is 0 Å². The lowest BCUT2D eigenvalue weighted by Gasteiger charge is -2.37. The third-order valence-corrected chi connectivity index (χ3v) is 4.14. The summed E-state index contributed by atoms with van der Waals surface area (Å²) in [6.07, 6.45) is 0. The fourth-order valence-corrected chi connectivity index (χ4v) is 2.30. The summed E-state index contributed by atoms with van der Waals surface area (Å²) in [5.74, 6) is 0.0648. The first-order chi connectivity index (χ1) is 7.35. The molecule has 16 heavy (non-hydrogen) atoms. The summed E-state index contributed by atoms with van der Waals surface area (Å²) in [5.41, 5.74) is 0. The zero-order chi connectivity index (χ0) is 12.3. The SMILES string of the molecule is C=CS(=O)(=O)CCN1CC(=O)N(C)C(C)C1. The molecular weight excluding hydrogens is 228 g/mol. The number of sulfone groups is 1. The molecule has 0 N–H and O–H groups in total. The maximum atomic E-state index is 11.5. The molecule has 1 fully saturated rings. The van der Waals surface area contributed by atoms with Crippen molar-refractivity contribution in [3.05, 3.63) is 12.0 Å². The van der Waals surface area contributed by atoms with Crippen LogP contribution in [0.5, 0.6) is 0 Å². The van der Waals surface area contributed by atoms with E-state index in [0.29, 0.717) is 13.1 Å². The van der Waals surface area contributed by atoms with Crippen LogP contribution in [0.2, 0.25) is 0 Å². The van der Waals surface area contributed by atoms with Gasteiger partial charge in [0.2, 0.25) is 5.91 Å². The van der Waals surface area contributed by atoms with E-state index in [0.717, 1.165) is 12.0 Å². The molecule has 1 rings (SSSR count). The molecule has 1 aliphatic rings. The Morgan fingerprint density at radius 1 is 1.56 bits per heavy atom. The Morgan fingerprint density at radius 2 is 2.19 bits per heavy atom. The monoisotopic (exact) mass is 246 g/mol. The lowest BCUT2D eigenvalue weighted by molar-refractivity contribution is -0.137. The molecule has 1 aliphatic heterocycles. The summed E-state index contributed by atoms with van der Waals surface area (Å²) in [7, 11) is -1.40. The zero-order valence-corrected chi connectivity index (χ0v) is 10.5. The molecule has 0 spiro atoms. The van der Waals surface area contributed by atoms with Crippen LogP contribution in [0.1, 0.15) is 6.92 Å². The van der Waals surface area contributed by atoms with Crippen LogP contribution in [-0.2, 0) is 14.6 Å². The van der Waals surface area contributed by atoms with E-state index in [1.165, 1.54) is 0 Å². The predicted octanol–water partition coefficient (Wildman–Crippen LogP) is -0.293. The average Bonchev–Trinajstić information content (AvgIpc) is 2.23. The molecule has 0 bridgehead atoms. The van der Waals surface area contributed by atoms with E-state index in [4.69, 9.17) is 0 Å². The highest BCUT2D eigenvalue weighted by atomic mass is 32.2. The van der Waals surface area contributed by atoms with Gasteiger partial charge in [0.15, 0.2) is 9.84 Å². The van der Waals surface area contributed by atoms with Gasteiger partial charge >= 0.3 is 0 Å². The van der Waals surface area contributed by atoms with Crippen LogP contribution in [0.4, 0.5) is 0 Å². The molecule has 1 unspecified atom stereocenters. The number of likely N-dealkylation sites (N-methyl/N-ethyl adjacent to an activating group) is 1. The molecule has 1 amide bonds. The number of amides is 1. The summed E-state index contributed by atoms with van der Waals surface area (Å²) in [4.78, 5) is 15.1. The van der Waals surface area contributed by atoms with Crippen LogP contribution in [0.3, 0.4) is 0 Å². The number of hydrogen-bond donors (Lipinski definition) is 0. The predicted molar refractivity (Wildman–Crippen MR) is 62.7 cm³/mol. The van der Waals surface area contributed by atoms with E-state index in [9.17, 15) is 13.2 Å². The van der Waals surface area contributed by atoms with Gasteiger partial charge < -0.3 is 4.90 Å². The minimum Gasteiger partial charge on any atom is -0.341 e. The van der Waals surface area contributed by atoms with E-state index in [2.05, 4.69) is 6.58 Å². The van der Waals surface area contributed by atoms with Crippen molar-refractivity contribution in [3.63, 3.8) is 0 Å². The summed E-state index contributed by atoms with van der Waals surface area (Å²) >= 11 is 0. The van der Waals surface area contributed by atoms with Crippen LogP contribution in [0.15, 0.2) is 12.0 Å². The second-order valence-electron chi connectivity index (χ2n) is 4.12. The standard InChI is InChI=1S/C10H18N2O3S/c1-4-16(14,15)6-5-12-7-9(2)11(3)10(13)8-12/h4,9H,1,5-8H2,2-3H3. The summed E-state index contributed by atoms with van der Waals surface area (Å²) < 4.78 is 22.5. The van der Waals surface area contributed by atoms with Gasteiger partial charge in [0.25, 0.3) is 0 Å². The van der Waals surface area contributed by atoms with Gasteiger partial charge in [0, 0.05) is 31.6 Å². The van der Waals surface area contributed by atoms with Crippen molar-refractivity contribution in [2.24, 2.45) is 0 Å². The normalized spacial score (nSPS) is 23.5. The molecule has 0 aliphatic carbocycles. The highest BCUT2D eigenvalue weighted by molar-refractivity contribution is 7.94. The minimum absolute atomic E-state index is 0.0280. The highest BCUT2D eigenvalue weighted by Gasteiger charge is 2.27. The fraction of sp³-hybridized carbons (Fsp3) is 0.700. The van der Waals surface area contributed by atoms with E-state index in [1.807, 2.05) is 11.8 Å². The van der Waals surface area contributed by atoms with Gasteiger partial charge in [-0.15, -0.1) is 0 Å². The van der Waals surface area contributed by atoms with Crippen molar-refractivity contribution < 1.29 is 13.2 Å². The van der Waals surface area contributed by atoms with Gasteiger partial charge in [-0.25, -0.2) is 8.42 Å². The van der Waals surface area contributed by atoms with E-state index < -0.39 is 9.84 Å². The van der Waals surface area contributed by atoms with Crippen molar-refractivity contribution >= 4 is 15.7 Å². The zero-order valence-electron chi connectivity index (χ0n) is 9.72. The third-order valence-electron chi connectivity index (χ3n) is 2.88. The Balaban J connectivity index is 2.52. The molecule has 92 valence electrons. The van der Waals surface area contributed by atoms with Gasteiger partial charge in [0.05, 0.1) is 12.3 Å². The van der Waals surface area contributed by atoms with E-state index in [1.54, 1.807) is 11.9 Å². The van der Waals surface area contributed by atoms with Gasteiger partial charge in [-0.2, -0.15) is 0 Å². The Kier molecular flexibility index (Phi) is 4.09. The minimum atomic E-state index is -3.17. The van der Waals surface area contributed by atoms with Crippen molar-refractivity contribution in [1.29, 1.82) is 0 Å². The second-order valence-corrected chi connectivity index (χ2v) is 6.19. The molecule has 5 nitrogen and oxygen atoms in total. The number of carbonyl (C=O) groups excluding carboxylic acids is 1. The average molecular weight is 246 g/mol. The Hall–Kier alpha value is -0.880. The molecule has 0 saturated carbocycles. The molecule has 0 aromatic heterocycles. The van der Waals surface area contributed by atoms with E-state index >= 15 is 0 Å². The quantitative estimate of drug-likeness (QED) is 0.684. The number of nitrogens with zero attached hydrogens (tertiary/aromatic N) is 2. The molecule has 1 saturated heterocycles. The first-order valence-corrected chi connectivity index (χ1v) is 6.90. The van der Waals surface area contributed by atoms with E-state index in [-0.39, 0.29) is 17.7 Å². The molecule has 0 aromatic rings. The second kappa shape index (κ2) is 4.97. The molecule has 0 aromatic carbocycles. The number of carbonyl (C=O) groups is 1. The van der Waals surface area contributed by atoms with Crippen LogP contribution >= 0.6 is 0 Å². The number of rotatable bonds is 4. The van der Waals surface area contributed by atoms with Crippen LogP contribution in [0.25, 0.3) is 0 Å². The Bertz CT molecular complexity index is 378. The first kappa shape index (κ1) is 13.2. The van der Waals surface area contributed by atoms with Gasteiger partial charge in [0.1, 0.15) is 0 Å². The summed E-state index contributed by atoms with van der Waals surface area (Å²) in [6.45, 7) is 6.61. The van der Waals surface area contributed by atoms with Crippen LogP contribution < -0.4 is 0 Å². The smallest absolute Gasteiger partial charge is 0.236 e. The number of piperazine rings is 1. The maximum Gasteiger partial charge on any atom is 0.236 e. The fourth-order valence-electron chi connectivity index (χ4n) is 1.62. The summed E-state index contributed by atoms with van der Waals surface area (Å²) in [5, 5.41) is 0.967. The van der Waals surface area contributed by atoms with Crippen molar-refractivity contribution in [1.82, 2.24) is 9.80 Å². The molecule has 1 atom stereocenters. The largest absolute Gasteiger partial charge is 0.341 e. The molecular formula is C10H18N2O3S. The van der Waals surface area contributed by atoms with Gasteiger partial charge in [-0.3, -0.25) is 9.69 Å². The Labute approximate surface area is 96.6 Å². The molecule has 0 radical (unpaired) electrons. The van der Waals surface area contributed by atoms with Crippen molar-refractivity contribution in [2.75, 3.05) is 32.4 Å². The lowest BCUT2D eigenvalue weighted by atomic mass is 10.2. The first-order valence-electron chi connectivity index (χ1n) is 5.19. The highest BCUT2D eigenvalue weighted by Crippen LogP contribution is 2.08. The third kappa shape index (κ3) is 3.31. The lowest BCUT2D eigenvalue weighted by Crippen LogP contribution is -2.54. The van der Waals surface area contributed by atoms with Gasteiger partial charge in [-0.05, 0) is 6.92 Å². The van der Waals surface area contributed by atoms with Crippen LogP contribution in [-0.4, -0.2) is 62.6 Å². The number of hydrogen-bond acceptors (Lipinski definition) is 4. The molecule has 1 heterocycles. The summed E-state index contributed by atoms with van der Waals surface area (Å²) in [6, 6.07) is 0.132. The molecule has 6 heteroatoms.